The Kier molecular flexibility index (Phi) is 5.51. The number of aromatic nitrogens is 4. The van der Waals surface area contributed by atoms with Gasteiger partial charge in [-0.1, -0.05) is 109 Å². The smallest absolute Gasteiger partial charge is 0.221 e. The minimum absolute atomic E-state index is 0.831. The van der Waals surface area contributed by atoms with Crippen LogP contribution in [-0.4, -0.2) is 18.9 Å². The first-order valence-corrected chi connectivity index (χ1v) is 17.3. The fraction of sp³-hybridized carbons (Fsp3) is 0. The van der Waals surface area contributed by atoms with Gasteiger partial charge in [0.05, 0.1) is 27.6 Å². The summed E-state index contributed by atoms with van der Waals surface area (Å²) >= 11 is 1.86. The zero-order chi connectivity index (χ0) is 32.1. The Hall–Kier alpha value is -6.30. The Morgan fingerprint density at radius 1 is 0.388 bits per heavy atom. The van der Waals surface area contributed by atoms with E-state index >= 15 is 0 Å². The van der Waals surface area contributed by atoms with Crippen LogP contribution in [0, 0.1) is 0 Å². The van der Waals surface area contributed by atoms with E-state index in [1.54, 1.807) is 0 Å². The molecule has 0 amide bonds. The van der Waals surface area contributed by atoms with E-state index in [0.717, 1.165) is 50.1 Å². The summed E-state index contributed by atoms with van der Waals surface area (Å²) in [5, 5.41) is 6.09. The summed E-state index contributed by atoms with van der Waals surface area (Å²) in [6.07, 6.45) is 0. The van der Waals surface area contributed by atoms with Crippen molar-refractivity contribution >= 4 is 80.9 Å². The molecule has 7 aromatic carbocycles. The van der Waals surface area contributed by atoms with Crippen LogP contribution < -0.4 is 0 Å². The summed E-state index contributed by atoms with van der Waals surface area (Å²) in [5.74, 6) is 0.831. The fourth-order valence-electron chi connectivity index (χ4n) is 7.60. The Morgan fingerprint density at radius 3 is 1.78 bits per heavy atom. The second kappa shape index (κ2) is 10.1. The lowest BCUT2D eigenvalue weighted by Crippen LogP contribution is -2.06. The lowest BCUT2D eigenvalue weighted by Gasteiger charge is -2.13. The molecular formula is C44H26N4S. The van der Waals surface area contributed by atoms with Crippen molar-refractivity contribution in [3.63, 3.8) is 0 Å². The van der Waals surface area contributed by atoms with Crippen molar-refractivity contribution in [1.29, 1.82) is 0 Å². The molecule has 4 aromatic heterocycles. The standard InChI is InChI=1S/C44H26N4S/c1-4-12-36-35(11-1)43-45-37-13-5-7-15-39(37)48(43)44(46-36)47-38-14-6-2-9-31(38)32-23-21-29(25-40(32)47)27-17-19-28(20-18-27)30-22-24-34-33-10-3-8-16-41(33)49-42(34)26-30/h1-26H. The van der Waals surface area contributed by atoms with Gasteiger partial charge < -0.3 is 0 Å². The first-order valence-electron chi connectivity index (χ1n) is 16.5. The molecule has 0 aliphatic rings. The highest BCUT2D eigenvalue weighted by Gasteiger charge is 2.20. The topological polar surface area (TPSA) is 35.1 Å². The molecule has 0 unspecified atom stereocenters. The Labute approximate surface area is 284 Å². The van der Waals surface area contributed by atoms with E-state index in [-0.39, 0.29) is 0 Å². The van der Waals surface area contributed by atoms with Gasteiger partial charge >= 0.3 is 0 Å². The number of thiophene rings is 1. The second-order valence-corrected chi connectivity index (χ2v) is 13.7. The maximum absolute atomic E-state index is 5.34. The van der Waals surface area contributed by atoms with Crippen LogP contribution >= 0.6 is 11.3 Å². The van der Waals surface area contributed by atoms with Crippen LogP contribution in [0.1, 0.15) is 0 Å². The zero-order valence-corrected chi connectivity index (χ0v) is 27.0. The summed E-state index contributed by atoms with van der Waals surface area (Å²) in [7, 11) is 0. The van der Waals surface area contributed by atoms with Gasteiger partial charge in [-0.3, -0.25) is 8.97 Å². The molecule has 11 rings (SSSR count). The molecular weight excluding hydrogens is 617 g/mol. The van der Waals surface area contributed by atoms with E-state index in [1.165, 1.54) is 47.6 Å². The number of rotatable bonds is 3. The second-order valence-electron chi connectivity index (χ2n) is 12.7. The number of hydrogen-bond donors (Lipinski definition) is 0. The molecule has 0 radical (unpaired) electrons. The summed E-state index contributed by atoms with van der Waals surface area (Å²) in [4.78, 5) is 10.4. The van der Waals surface area contributed by atoms with Crippen molar-refractivity contribution < 1.29 is 0 Å². The zero-order valence-electron chi connectivity index (χ0n) is 26.2. The van der Waals surface area contributed by atoms with Crippen LogP contribution in [0.15, 0.2) is 158 Å². The lowest BCUT2D eigenvalue weighted by molar-refractivity contribution is 0.979. The molecule has 4 heterocycles. The van der Waals surface area contributed by atoms with Crippen LogP contribution in [0.25, 0.3) is 97.8 Å². The molecule has 0 aliphatic carbocycles. The van der Waals surface area contributed by atoms with Gasteiger partial charge in [-0.05, 0) is 70.8 Å². The number of hydrogen-bond acceptors (Lipinski definition) is 3. The maximum Gasteiger partial charge on any atom is 0.221 e. The SMILES string of the molecule is c1ccc2c(c1)nc(-n1c3ccccc3c3ccc(-c4ccc(-c5ccc6c(c5)sc5ccccc56)cc4)cc31)n1c3ccccc3nc21. The van der Waals surface area contributed by atoms with Gasteiger partial charge in [0, 0.05) is 36.3 Å². The molecule has 0 saturated carbocycles. The van der Waals surface area contributed by atoms with Crippen LogP contribution in [0.4, 0.5) is 0 Å². The Morgan fingerprint density at radius 2 is 0.959 bits per heavy atom. The van der Waals surface area contributed by atoms with E-state index in [9.17, 15) is 0 Å². The molecule has 5 heteroatoms. The van der Waals surface area contributed by atoms with Gasteiger partial charge in [0.25, 0.3) is 0 Å². The minimum Gasteiger partial charge on any atom is -0.279 e. The molecule has 0 saturated heterocycles. The van der Waals surface area contributed by atoms with Crippen molar-refractivity contribution in [3.05, 3.63) is 158 Å². The van der Waals surface area contributed by atoms with Crippen LogP contribution in [0.3, 0.4) is 0 Å². The van der Waals surface area contributed by atoms with Crippen LogP contribution in [-0.2, 0) is 0 Å². The highest BCUT2D eigenvalue weighted by molar-refractivity contribution is 7.25. The third-order valence-corrected chi connectivity index (χ3v) is 11.1. The molecule has 49 heavy (non-hydrogen) atoms. The Balaban J connectivity index is 1.10. The summed E-state index contributed by atoms with van der Waals surface area (Å²) in [6, 6.07) is 56.6. The van der Waals surface area contributed by atoms with Crippen molar-refractivity contribution in [2.75, 3.05) is 0 Å². The predicted molar refractivity (Wildman–Crippen MR) is 206 cm³/mol. The van der Waals surface area contributed by atoms with Gasteiger partial charge in [0.1, 0.15) is 5.65 Å². The van der Waals surface area contributed by atoms with E-state index in [1.807, 2.05) is 23.5 Å². The molecule has 11 aromatic rings. The van der Waals surface area contributed by atoms with Gasteiger partial charge in [0.2, 0.25) is 5.95 Å². The molecule has 0 spiro atoms. The number of nitrogens with zero attached hydrogens (tertiary/aromatic N) is 4. The fourth-order valence-corrected chi connectivity index (χ4v) is 8.75. The highest BCUT2D eigenvalue weighted by atomic mass is 32.1. The molecule has 0 aliphatic heterocycles. The lowest BCUT2D eigenvalue weighted by atomic mass is 9.99. The van der Waals surface area contributed by atoms with Crippen LogP contribution in [0.5, 0.6) is 0 Å². The van der Waals surface area contributed by atoms with Crippen molar-refractivity contribution in [2.24, 2.45) is 0 Å². The number of fused-ring (bicyclic) bond motifs is 11. The first kappa shape index (κ1) is 26.7. The molecule has 0 N–H and O–H groups in total. The normalized spacial score (nSPS) is 12.1. The summed E-state index contributed by atoms with van der Waals surface area (Å²) in [6.45, 7) is 0. The van der Waals surface area contributed by atoms with E-state index in [2.05, 4.69) is 155 Å². The Bertz CT molecular complexity index is 3110. The number of imidazole rings is 1. The molecule has 0 bridgehead atoms. The van der Waals surface area contributed by atoms with Gasteiger partial charge in [-0.2, -0.15) is 0 Å². The monoisotopic (exact) mass is 642 g/mol. The molecule has 228 valence electrons. The maximum atomic E-state index is 5.34. The third-order valence-electron chi connectivity index (χ3n) is 9.93. The van der Waals surface area contributed by atoms with E-state index in [4.69, 9.17) is 9.97 Å². The molecule has 0 atom stereocenters. The number of para-hydroxylation sites is 4. The van der Waals surface area contributed by atoms with Crippen molar-refractivity contribution in [2.45, 2.75) is 0 Å². The van der Waals surface area contributed by atoms with Gasteiger partial charge in [-0.25, -0.2) is 9.97 Å². The quantitative estimate of drug-likeness (QED) is 0.192. The predicted octanol–water partition coefficient (Wildman–Crippen LogP) is 11.8. The van der Waals surface area contributed by atoms with E-state index < -0.39 is 0 Å². The van der Waals surface area contributed by atoms with Crippen molar-refractivity contribution in [3.8, 4) is 28.2 Å². The van der Waals surface area contributed by atoms with E-state index in [0.29, 0.717) is 0 Å². The largest absolute Gasteiger partial charge is 0.279 e. The average Bonchev–Trinajstić information content (AvgIpc) is 3.84. The van der Waals surface area contributed by atoms with Crippen LogP contribution in [0.2, 0.25) is 0 Å². The number of benzene rings is 7. The molecule has 4 nitrogen and oxygen atoms in total. The van der Waals surface area contributed by atoms with Gasteiger partial charge in [0.15, 0.2) is 0 Å². The minimum atomic E-state index is 0.831. The van der Waals surface area contributed by atoms with Crippen molar-refractivity contribution in [1.82, 2.24) is 18.9 Å². The molecule has 0 fully saturated rings. The third kappa shape index (κ3) is 3.91. The highest BCUT2D eigenvalue weighted by Crippen LogP contribution is 2.38. The average molecular weight is 643 g/mol. The summed E-state index contributed by atoms with van der Waals surface area (Å²) in [5.41, 5.74) is 10.8. The summed E-state index contributed by atoms with van der Waals surface area (Å²) < 4.78 is 7.19. The van der Waals surface area contributed by atoms with Gasteiger partial charge in [-0.15, -0.1) is 11.3 Å². The first-order chi connectivity index (χ1) is 24.3.